The van der Waals surface area contributed by atoms with Crippen molar-refractivity contribution in [3.63, 3.8) is 0 Å². The van der Waals surface area contributed by atoms with E-state index in [0.29, 0.717) is 18.8 Å². The van der Waals surface area contributed by atoms with Crippen molar-refractivity contribution in [3.8, 4) is 0 Å². The molecule has 0 aromatic carbocycles. The lowest BCUT2D eigenvalue weighted by molar-refractivity contribution is -0.119. The summed E-state index contributed by atoms with van der Waals surface area (Å²) < 4.78 is 1.70. The fourth-order valence-electron chi connectivity index (χ4n) is 1.33. The number of ketones is 1. The largest absolute Gasteiger partial charge is 0.327 e. The predicted molar refractivity (Wildman–Crippen MR) is 59.3 cm³/mol. The Morgan fingerprint density at radius 2 is 2.27 bits per heavy atom. The summed E-state index contributed by atoms with van der Waals surface area (Å²) in [7, 11) is 1.84. The van der Waals surface area contributed by atoms with Gasteiger partial charge in [-0.05, 0) is 12.0 Å². The van der Waals surface area contributed by atoms with Gasteiger partial charge in [-0.15, -0.1) is 0 Å². The Balaban J connectivity index is 2.43. The highest BCUT2D eigenvalue weighted by atomic mass is 16.1. The monoisotopic (exact) mass is 209 g/mol. The minimum Gasteiger partial charge on any atom is -0.327 e. The van der Waals surface area contributed by atoms with Crippen molar-refractivity contribution >= 4 is 5.78 Å². The normalized spacial score (nSPS) is 13.1. The van der Waals surface area contributed by atoms with Gasteiger partial charge in [0, 0.05) is 25.7 Å². The molecule has 0 aliphatic carbocycles. The van der Waals surface area contributed by atoms with E-state index in [0.717, 1.165) is 5.69 Å². The maximum Gasteiger partial charge on any atom is 0.140 e. The summed E-state index contributed by atoms with van der Waals surface area (Å²) >= 11 is 0. The van der Waals surface area contributed by atoms with E-state index in [2.05, 4.69) is 5.10 Å². The van der Waals surface area contributed by atoms with Crippen molar-refractivity contribution in [2.75, 3.05) is 0 Å². The summed E-state index contributed by atoms with van der Waals surface area (Å²) in [5.74, 6) is 0.507. The quantitative estimate of drug-likeness (QED) is 0.784. The molecular weight excluding hydrogens is 190 g/mol. The number of carbonyl (C=O) groups is 1. The molecule has 1 unspecified atom stereocenters. The lowest BCUT2D eigenvalue weighted by atomic mass is 9.98. The molecule has 2 N–H and O–H groups in total. The summed E-state index contributed by atoms with van der Waals surface area (Å²) in [6.07, 6.45) is 2.67. The summed E-state index contributed by atoms with van der Waals surface area (Å²) in [6.45, 7) is 4.05. The number of carbonyl (C=O) groups excluding carboxylic acids is 1. The van der Waals surface area contributed by atoms with E-state index in [1.807, 2.05) is 33.2 Å². The van der Waals surface area contributed by atoms with Crippen LogP contribution in [-0.4, -0.2) is 21.6 Å². The molecule has 0 bridgehead atoms. The number of hydrogen-bond acceptors (Lipinski definition) is 3. The van der Waals surface area contributed by atoms with E-state index in [4.69, 9.17) is 5.73 Å². The first-order valence-corrected chi connectivity index (χ1v) is 5.25. The van der Waals surface area contributed by atoms with Gasteiger partial charge in [-0.3, -0.25) is 9.48 Å². The molecule has 0 saturated carbocycles. The van der Waals surface area contributed by atoms with Gasteiger partial charge in [-0.1, -0.05) is 13.8 Å². The van der Waals surface area contributed by atoms with E-state index in [1.54, 1.807) is 4.68 Å². The SMILES string of the molecule is CC(C)C(N)CC(=O)Cc1ccn(C)n1. The molecule has 1 atom stereocenters. The molecule has 0 saturated heterocycles. The van der Waals surface area contributed by atoms with E-state index in [-0.39, 0.29) is 11.8 Å². The molecule has 1 heterocycles. The zero-order valence-corrected chi connectivity index (χ0v) is 9.60. The third kappa shape index (κ3) is 3.83. The van der Waals surface area contributed by atoms with E-state index in [9.17, 15) is 4.79 Å². The Labute approximate surface area is 90.5 Å². The van der Waals surface area contributed by atoms with Gasteiger partial charge < -0.3 is 5.73 Å². The Morgan fingerprint density at radius 1 is 1.60 bits per heavy atom. The third-order valence-electron chi connectivity index (χ3n) is 2.47. The molecule has 1 aromatic heterocycles. The summed E-state index contributed by atoms with van der Waals surface area (Å²) in [4.78, 5) is 11.6. The number of nitrogens with two attached hydrogens (primary N) is 1. The third-order valence-corrected chi connectivity index (χ3v) is 2.47. The molecule has 4 nitrogen and oxygen atoms in total. The molecule has 1 aromatic rings. The highest BCUT2D eigenvalue weighted by Gasteiger charge is 2.14. The van der Waals surface area contributed by atoms with Crippen molar-refractivity contribution in [3.05, 3.63) is 18.0 Å². The Bertz CT molecular complexity index is 330. The lowest BCUT2D eigenvalue weighted by Crippen LogP contribution is -2.29. The molecule has 0 aliphatic rings. The molecule has 0 spiro atoms. The van der Waals surface area contributed by atoms with Crippen LogP contribution in [0.5, 0.6) is 0 Å². The highest BCUT2D eigenvalue weighted by molar-refractivity contribution is 5.81. The van der Waals surface area contributed by atoms with Crippen molar-refractivity contribution in [2.45, 2.75) is 32.7 Å². The first-order chi connectivity index (χ1) is 6.99. The van der Waals surface area contributed by atoms with Gasteiger partial charge in [0.05, 0.1) is 12.1 Å². The predicted octanol–water partition coefficient (Wildman–Crippen LogP) is 0.905. The van der Waals surface area contributed by atoms with Gasteiger partial charge in [0.25, 0.3) is 0 Å². The lowest BCUT2D eigenvalue weighted by Gasteiger charge is -2.13. The van der Waals surface area contributed by atoms with Crippen LogP contribution in [0.1, 0.15) is 26.0 Å². The van der Waals surface area contributed by atoms with Crippen LogP contribution in [0.25, 0.3) is 0 Å². The van der Waals surface area contributed by atoms with Crippen LogP contribution in [-0.2, 0) is 18.3 Å². The number of aryl methyl sites for hydroxylation is 1. The fourth-order valence-corrected chi connectivity index (χ4v) is 1.33. The van der Waals surface area contributed by atoms with Crippen molar-refractivity contribution in [2.24, 2.45) is 18.7 Å². The van der Waals surface area contributed by atoms with Gasteiger partial charge >= 0.3 is 0 Å². The topological polar surface area (TPSA) is 60.9 Å². The molecule has 0 amide bonds. The van der Waals surface area contributed by atoms with E-state index in [1.165, 1.54) is 0 Å². The van der Waals surface area contributed by atoms with Gasteiger partial charge in [-0.25, -0.2) is 0 Å². The van der Waals surface area contributed by atoms with E-state index >= 15 is 0 Å². The maximum absolute atomic E-state index is 11.6. The minimum absolute atomic E-state index is 0.0405. The molecule has 0 radical (unpaired) electrons. The zero-order valence-electron chi connectivity index (χ0n) is 9.60. The standard InChI is InChI=1S/C11H19N3O/c1-8(2)11(12)7-10(15)6-9-4-5-14(3)13-9/h4-5,8,11H,6-7,12H2,1-3H3. The average Bonchev–Trinajstić information content (AvgIpc) is 2.50. The Hall–Kier alpha value is -1.16. The summed E-state index contributed by atoms with van der Waals surface area (Å²) in [5, 5.41) is 4.16. The van der Waals surface area contributed by atoms with Crippen molar-refractivity contribution in [1.82, 2.24) is 9.78 Å². The Kier molecular flexibility index (Phi) is 4.03. The summed E-state index contributed by atoms with van der Waals surface area (Å²) in [5.41, 5.74) is 6.65. The number of rotatable bonds is 5. The molecule has 84 valence electrons. The highest BCUT2D eigenvalue weighted by Crippen LogP contribution is 2.06. The fraction of sp³-hybridized carbons (Fsp3) is 0.636. The maximum atomic E-state index is 11.6. The smallest absolute Gasteiger partial charge is 0.140 e. The van der Waals surface area contributed by atoms with Gasteiger partial charge in [0.15, 0.2) is 0 Å². The van der Waals surface area contributed by atoms with Crippen LogP contribution in [0.4, 0.5) is 0 Å². The number of aromatic nitrogens is 2. The Morgan fingerprint density at radius 3 is 2.73 bits per heavy atom. The molecular formula is C11H19N3O. The zero-order chi connectivity index (χ0) is 11.4. The number of nitrogens with zero attached hydrogens (tertiary/aromatic N) is 2. The van der Waals surface area contributed by atoms with Crippen LogP contribution in [0, 0.1) is 5.92 Å². The van der Waals surface area contributed by atoms with Gasteiger partial charge in [-0.2, -0.15) is 5.10 Å². The minimum atomic E-state index is -0.0405. The number of hydrogen-bond donors (Lipinski definition) is 1. The first-order valence-electron chi connectivity index (χ1n) is 5.25. The van der Waals surface area contributed by atoms with Crippen molar-refractivity contribution < 1.29 is 4.79 Å². The van der Waals surface area contributed by atoms with Crippen LogP contribution in [0.3, 0.4) is 0 Å². The second-order valence-electron chi connectivity index (χ2n) is 4.31. The second kappa shape index (κ2) is 5.07. The van der Waals surface area contributed by atoms with Crippen LogP contribution >= 0.6 is 0 Å². The second-order valence-corrected chi connectivity index (χ2v) is 4.31. The van der Waals surface area contributed by atoms with Gasteiger partial charge in [0.1, 0.15) is 5.78 Å². The molecule has 4 heteroatoms. The molecule has 0 fully saturated rings. The van der Waals surface area contributed by atoms with Crippen LogP contribution in [0.2, 0.25) is 0 Å². The van der Waals surface area contributed by atoms with Crippen LogP contribution in [0.15, 0.2) is 12.3 Å². The van der Waals surface area contributed by atoms with Gasteiger partial charge in [0.2, 0.25) is 0 Å². The summed E-state index contributed by atoms with van der Waals surface area (Å²) in [6, 6.07) is 1.82. The molecule has 15 heavy (non-hydrogen) atoms. The molecule has 0 aliphatic heterocycles. The number of Topliss-reactive ketones (excluding diaryl/α,β-unsaturated/α-hetero) is 1. The average molecular weight is 209 g/mol. The van der Waals surface area contributed by atoms with E-state index < -0.39 is 0 Å². The van der Waals surface area contributed by atoms with Crippen molar-refractivity contribution in [1.29, 1.82) is 0 Å². The van der Waals surface area contributed by atoms with Crippen LogP contribution < -0.4 is 5.73 Å². The molecule has 1 rings (SSSR count). The first kappa shape index (κ1) is 11.9.